The number of hydrogen-bond acceptors (Lipinski definition) is 1. The molecule has 0 spiro atoms. The van der Waals surface area contributed by atoms with Gasteiger partial charge in [0.2, 0.25) is 0 Å². The van der Waals surface area contributed by atoms with Gasteiger partial charge < -0.3 is 4.90 Å². The van der Waals surface area contributed by atoms with Crippen molar-refractivity contribution in [3.05, 3.63) is 108 Å². The third-order valence-electron chi connectivity index (χ3n) is 6.72. The van der Waals surface area contributed by atoms with Gasteiger partial charge in [-0.1, -0.05) is 111 Å². The Labute approximate surface area is 206 Å². The van der Waals surface area contributed by atoms with Gasteiger partial charge in [-0.05, 0) is 71.8 Å². The van der Waals surface area contributed by atoms with E-state index < -0.39 is 0 Å². The van der Waals surface area contributed by atoms with E-state index in [0.29, 0.717) is 0 Å². The zero-order chi connectivity index (χ0) is 23.8. The third-order valence-corrected chi connectivity index (χ3v) is 6.72. The smallest absolute Gasteiger partial charge is 0.0410 e. The molecule has 0 aliphatic heterocycles. The Morgan fingerprint density at radius 2 is 1.09 bits per heavy atom. The van der Waals surface area contributed by atoms with Crippen LogP contribution in [-0.4, -0.2) is 7.05 Å². The van der Waals surface area contributed by atoms with E-state index in [9.17, 15) is 0 Å². The van der Waals surface area contributed by atoms with Gasteiger partial charge in [-0.3, -0.25) is 0 Å². The highest BCUT2D eigenvalue weighted by Crippen LogP contribution is 2.29. The molecule has 0 N–H and O–H groups in total. The van der Waals surface area contributed by atoms with Crippen LogP contribution in [0.4, 0.5) is 11.4 Å². The van der Waals surface area contributed by atoms with Crippen molar-refractivity contribution in [1.29, 1.82) is 0 Å². The Bertz CT molecular complexity index is 1150. The summed E-state index contributed by atoms with van der Waals surface area (Å²) >= 11 is 0. The summed E-state index contributed by atoms with van der Waals surface area (Å²) in [7, 11) is 2.16. The molecular weight excluding hydrogens is 410 g/mol. The Kier molecular flexibility index (Phi) is 8.20. The predicted molar refractivity (Wildman–Crippen MR) is 149 cm³/mol. The van der Waals surface area contributed by atoms with Gasteiger partial charge in [0.25, 0.3) is 0 Å². The molecule has 4 aromatic rings. The van der Waals surface area contributed by atoms with Crippen molar-refractivity contribution in [3.63, 3.8) is 0 Å². The van der Waals surface area contributed by atoms with Crippen LogP contribution in [0.2, 0.25) is 0 Å². The van der Waals surface area contributed by atoms with Crippen LogP contribution in [0.3, 0.4) is 0 Å². The van der Waals surface area contributed by atoms with Gasteiger partial charge in [-0.15, -0.1) is 0 Å². The Balaban J connectivity index is 1.41. The van der Waals surface area contributed by atoms with E-state index in [4.69, 9.17) is 0 Å². The normalized spacial score (nSPS) is 10.9. The molecule has 0 aliphatic carbocycles. The standard InChI is InChI=1S/C33H37N/c1-4-5-6-7-8-10-27-11-9-12-33(25-27)34(3)32-23-21-31(22-24-32)30-19-17-29(18-20-30)28-15-13-26(2)14-16-28/h9,11-25H,4-8,10H2,1-3H3. The molecule has 0 atom stereocenters. The first-order chi connectivity index (χ1) is 16.6. The Morgan fingerprint density at radius 3 is 1.68 bits per heavy atom. The Morgan fingerprint density at radius 1 is 0.559 bits per heavy atom. The SMILES string of the molecule is CCCCCCCc1cccc(N(C)c2ccc(-c3ccc(-c4ccc(C)cc4)cc3)cc2)c1. The molecule has 0 saturated carbocycles. The molecule has 4 aromatic carbocycles. The zero-order valence-corrected chi connectivity index (χ0v) is 20.9. The highest BCUT2D eigenvalue weighted by molar-refractivity contribution is 5.73. The first-order valence-electron chi connectivity index (χ1n) is 12.7. The van der Waals surface area contributed by atoms with Crippen molar-refractivity contribution in [3.8, 4) is 22.3 Å². The molecule has 1 nitrogen and oxygen atoms in total. The van der Waals surface area contributed by atoms with Crippen molar-refractivity contribution in [2.45, 2.75) is 52.4 Å². The highest BCUT2D eigenvalue weighted by Gasteiger charge is 2.07. The van der Waals surface area contributed by atoms with Gasteiger partial charge in [0.1, 0.15) is 0 Å². The van der Waals surface area contributed by atoms with E-state index in [-0.39, 0.29) is 0 Å². The topological polar surface area (TPSA) is 3.24 Å². The molecule has 0 aromatic heterocycles. The number of benzene rings is 4. The van der Waals surface area contributed by atoms with Gasteiger partial charge in [0.15, 0.2) is 0 Å². The lowest BCUT2D eigenvalue weighted by molar-refractivity contribution is 0.632. The molecule has 0 saturated heterocycles. The van der Waals surface area contributed by atoms with Crippen LogP contribution in [0, 0.1) is 6.92 Å². The maximum atomic E-state index is 2.34. The summed E-state index contributed by atoms with van der Waals surface area (Å²) in [6.45, 7) is 4.40. The molecule has 34 heavy (non-hydrogen) atoms. The van der Waals surface area contributed by atoms with Crippen molar-refractivity contribution >= 4 is 11.4 Å². The second-order valence-corrected chi connectivity index (χ2v) is 9.38. The highest BCUT2D eigenvalue weighted by atomic mass is 15.1. The van der Waals surface area contributed by atoms with Crippen LogP contribution < -0.4 is 4.90 Å². The number of rotatable bonds is 10. The van der Waals surface area contributed by atoms with Crippen molar-refractivity contribution in [1.82, 2.24) is 0 Å². The average Bonchev–Trinajstić information content (AvgIpc) is 2.89. The van der Waals surface area contributed by atoms with Crippen LogP contribution in [0.25, 0.3) is 22.3 Å². The number of unbranched alkanes of at least 4 members (excludes halogenated alkanes) is 4. The van der Waals surface area contributed by atoms with Gasteiger partial charge >= 0.3 is 0 Å². The fourth-order valence-corrected chi connectivity index (χ4v) is 4.48. The lowest BCUT2D eigenvalue weighted by atomic mass is 9.99. The molecule has 0 aliphatic rings. The summed E-state index contributed by atoms with van der Waals surface area (Å²) in [5, 5.41) is 0. The molecule has 0 unspecified atom stereocenters. The molecule has 0 fully saturated rings. The summed E-state index contributed by atoms with van der Waals surface area (Å²) < 4.78 is 0. The molecule has 4 rings (SSSR count). The van der Waals surface area contributed by atoms with Crippen molar-refractivity contribution < 1.29 is 0 Å². The van der Waals surface area contributed by atoms with E-state index in [0.717, 1.165) is 0 Å². The van der Waals surface area contributed by atoms with E-state index >= 15 is 0 Å². The zero-order valence-electron chi connectivity index (χ0n) is 20.9. The van der Waals surface area contributed by atoms with E-state index in [1.807, 2.05) is 0 Å². The molecule has 0 heterocycles. The second kappa shape index (κ2) is 11.7. The lowest BCUT2D eigenvalue weighted by Gasteiger charge is -2.21. The minimum atomic E-state index is 1.17. The summed E-state index contributed by atoms with van der Waals surface area (Å²) in [5.41, 5.74) is 10.2. The lowest BCUT2D eigenvalue weighted by Crippen LogP contribution is -2.09. The van der Waals surface area contributed by atoms with Crippen LogP contribution >= 0.6 is 0 Å². The van der Waals surface area contributed by atoms with Crippen LogP contribution in [0.1, 0.15) is 50.2 Å². The average molecular weight is 448 g/mol. The molecule has 0 amide bonds. The fraction of sp³-hybridized carbons (Fsp3) is 0.273. The minimum Gasteiger partial charge on any atom is -0.345 e. The summed E-state index contributed by atoms with van der Waals surface area (Å²) in [4.78, 5) is 2.28. The third kappa shape index (κ3) is 6.17. The number of nitrogens with zero attached hydrogens (tertiary/aromatic N) is 1. The van der Waals surface area contributed by atoms with Gasteiger partial charge in [-0.2, -0.15) is 0 Å². The quantitative estimate of drug-likeness (QED) is 0.219. The molecule has 0 radical (unpaired) electrons. The summed E-state index contributed by atoms with van der Waals surface area (Å²) in [5.74, 6) is 0. The monoisotopic (exact) mass is 447 g/mol. The first kappa shape index (κ1) is 23.8. The maximum Gasteiger partial charge on any atom is 0.0410 e. The molecular formula is C33H37N. The van der Waals surface area contributed by atoms with Crippen molar-refractivity contribution in [2.75, 3.05) is 11.9 Å². The van der Waals surface area contributed by atoms with Gasteiger partial charge in [0.05, 0.1) is 0 Å². The number of hydrogen-bond donors (Lipinski definition) is 0. The fourth-order valence-electron chi connectivity index (χ4n) is 4.48. The summed E-state index contributed by atoms with van der Waals surface area (Å²) in [6, 6.07) is 35.5. The van der Waals surface area contributed by atoms with Crippen LogP contribution in [0.15, 0.2) is 97.1 Å². The number of anilines is 2. The van der Waals surface area contributed by atoms with E-state index in [2.05, 4.69) is 123 Å². The van der Waals surface area contributed by atoms with Gasteiger partial charge in [-0.25, -0.2) is 0 Å². The molecule has 0 bridgehead atoms. The van der Waals surface area contributed by atoms with Crippen molar-refractivity contribution in [2.24, 2.45) is 0 Å². The second-order valence-electron chi connectivity index (χ2n) is 9.38. The number of aryl methyl sites for hydroxylation is 2. The largest absolute Gasteiger partial charge is 0.345 e. The van der Waals surface area contributed by atoms with E-state index in [1.165, 1.54) is 83.3 Å². The van der Waals surface area contributed by atoms with Crippen LogP contribution in [0.5, 0.6) is 0 Å². The van der Waals surface area contributed by atoms with E-state index in [1.54, 1.807) is 0 Å². The minimum absolute atomic E-state index is 1.17. The molecule has 174 valence electrons. The molecule has 1 heteroatoms. The maximum absolute atomic E-state index is 2.34. The van der Waals surface area contributed by atoms with Crippen LogP contribution in [-0.2, 0) is 6.42 Å². The summed E-state index contributed by atoms with van der Waals surface area (Å²) in [6.07, 6.45) is 7.81. The Hall–Kier alpha value is -3.32. The van der Waals surface area contributed by atoms with Gasteiger partial charge in [0, 0.05) is 18.4 Å². The first-order valence-corrected chi connectivity index (χ1v) is 12.7. The predicted octanol–water partition coefficient (Wildman–Crippen LogP) is 9.61.